The number of aromatic nitrogens is 2. The van der Waals surface area contributed by atoms with Crippen molar-refractivity contribution >= 4 is 11.6 Å². The number of phenols is 1. The second-order valence-electron chi connectivity index (χ2n) is 6.95. The maximum absolute atomic E-state index is 9.69. The van der Waals surface area contributed by atoms with E-state index >= 15 is 0 Å². The third-order valence-corrected chi connectivity index (χ3v) is 5.31. The number of benzene rings is 2. The molecule has 1 aliphatic rings. The molecule has 4 rings (SSSR count). The standard InChI is InChI=1S/C21H22ClN3O/c22-18-8-6-16(7-9-18)20-12-23-24-21(20)17-4-2-10-25(14-17)13-15-3-1-5-19(26)11-15/h1,3,5-9,11-12,17,26H,2,4,10,13-14H2,(H,23,24). The first-order chi connectivity index (χ1) is 12.7. The first-order valence-corrected chi connectivity index (χ1v) is 9.36. The van der Waals surface area contributed by atoms with Crippen molar-refractivity contribution in [3.8, 4) is 16.9 Å². The van der Waals surface area contributed by atoms with Gasteiger partial charge in [-0.1, -0.05) is 35.9 Å². The Morgan fingerprint density at radius 1 is 1.19 bits per heavy atom. The van der Waals surface area contributed by atoms with E-state index in [1.807, 2.05) is 42.6 Å². The van der Waals surface area contributed by atoms with Crippen LogP contribution in [-0.4, -0.2) is 33.3 Å². The maximum atomic E-state index is 9.69. The van der Waals surface area contributed by atoms with Crippen molar-refractivity contribution in [3.63, 3.8) is 0 Å². The fourth-order valence-corrected chi connectivity index (χ4v) is 3.94. The molecule has 2 N–H and O–H groups in total. The molecule has 0 radical (unpaired) electrons. The summed E-state index contributed by atoms with van der Waals surface area (Å²) in [5, 5.41) is 18.0. The Morgan fingerprint density at radius 3 is 2.85 bits per heavy atom. The van der Waals surface area contributed by atoms with Crippen molar-refractivity contribution < 1.29 is 5.11 Å². The summed E-state index contributed by atoms with van der Waals surface area (Å²) in [4.78, 5) is 2.45. The van der Waals surface area contributed by atoms with Gasteiger partial charge in [-0.2, -0.15) is 5.10 Å². The summed E-state index contributed by atoms with van der Waals surface area (Å²) in [5.41, 5.74) is 4.65. The van der Waals surface area contributed by atoms with Crippen LogP contribution in [0.15, 0.2) is 54.7 Å². The van der Waals surface area contributed by atoms with Gasteiger partial charge in [-0.05, 0) is 54.8 Å². The molecule has 4 nitrogen and oxygen atoms in total. The predicted molar refractivity (Wildman–Crippen MR) is 104 cm³/mol. The van der Waals surface area contributed by atoms with Crippen LogP contribution >= 0.6 is 11.6 Å². The fraction of sp³-hybridized carbons (Fsp3) is 0.286. The van der Waals surface area contributed by atoms with Crippen molar-refractivity contribution in [2.75, 3.05) is 13.1 Å². The lowest BCUT2D eigenvalue weighted by Gasteiger charge is -2.32. The van der Waals surface area contributed by atoms with Crippen LogP contribution in [0.5, 0.6) is 5.75 Å². The average Bonchev–Trinajstić information content (AvgIpc) is 3.12. The Balaban J connectivity index is 1.52. The molecule has 0 bridgehead atoms. The van der Waals surface area contributed by atoms with E-state index in [2.05, 4.69) is 21.2 Å². The highest BCUT2D eigenvalue weighted by Gasteiger charge is 2.25. The van der Waals surface area contributed by atoms with Crippen molar-refractivity contribution in [2.45, 2.75) is 25.3 Å². The van der Waals surface area contributed by atoms with Crippen molar-refractivity contribution in [2.24, 2.45) is 0 Å². The maximum Gasteiger partial charge on any atom is 0.115 e. The van der Waals surface area contributed by atoms with Crippen LogP contribution < -0.4 is 0 Å². The molecule has 26 heavy (non-hydrogen) atoms. The van der Waals surface area contributed by atoms with Crippen molar-refractivity contribution in [1.82, 2.24) is 15.1 Å². The summed E-state index contributed by atoms with van der Waals surface area (Å²) >= 11 is 6.02. The highest BCUT2D eigenvalue weighted by atomic mass is 35.5. The smallest absolute Gasteiger partial charge is 0.115 e. The zero-order valence-corrected chi connectivity index (χ0v) is 15.3. The highest BCUT2D eigenvalue weighted by Crippen LogP contribution is 2.34. The first-order valence-electron chi connectivity index (χ1n) is 8.98. The normalized spacial score (nSPS) is 18.1. The molecule has 3 aromatic rings. The number of hydrogen-bond donors (Lipinski definition) is 2. The SMILES string of the molecule is Oc1cccc(CN2CCCC(c3[nH]ncc3-c3ccc(Cl)cc3)C2)c1. The van der Waals surface area contributed by atoms with Crippen molar-refractivity contribution in [3.05, 3.63) is 71.0 Å². The molecule has 5 heteroatoms. The number of aromatic hydroxyl groups is 1. The van der Waals surface area contributed by atoms with Crippen LogP contribution in [0, 0.1) is 0 Å². The minimum absolute atomic E-state index is 0.328. The van der Waals surface area contributed by atoms with Gasteiger partial charge in [0.05, 0.1) is 6.20 Å². The molecule has 2 heterocycles. The van der Waals surface area contributed by atoms with Crippen LogP contribution in [0.3, 0.4) is 0 Å². The zero-order chi connectivity index (χ0) is 17.9. The summed E-state index contributed by atoms with van der Waals surface area (Å²) in [7, 11) is 0. The van der Waals surface area contributed by atoms with E-state index in [0.29, 0.717) is 11.7 Å². The number of phenolic OH excluding ortho intramolecular Hbond substituents is 1. The van der Waals surface area contributed by atoms with Gasteiger partial charge >= 0.3 is 0 Å². The quantitative estimate of drug-likeness (QED) is 0.695. The molecule has 1 saturated heterocycles. The molecule has 0 amide bonds. The molecular weight excluding hydrogens is 346 g/mol. The molecule has 1 aliphatic heterocycles. The van der Waals surface area contributed by atoms with Gasteiger partial charge in [-0.3, -0.25) is 10.00 Å². The molecule has 134 valence electrons. The molecule has 1 fully saturated rings. The lowest BCUT2D eigenvalue weighted by Crippen LogP contribution is -2.34. The minimum atomic E-state index is 0.328. The Labute approximate surface area is 158 Å². The lowest BCUT2D eigenvalue weighted by molar-refractivity contribution is 0.198. The molecule has 1 unspecified atom stereocenters. The molecule has 1 atom stereocenters. The van der Waals surface area contributed by atoms with Gasteiger partial charge in [-0.25, -0.2) is 0 Å². The van der Waals surface area contributed by atoms with Gasteiger partial charge in [0.1, 0.15) is 5.75 Å². The molecule has 0 spiro atoms. The average molecular weight is 368 g/mol. The van der Waals surface area contributed by atoms with Gasteiger partial charge in [0.15, 0.2) is 0 Å². The number of nitrogens with zero attached hydrogens (tertiary/aromatic N) is 2. The molecule has 0 saturated carbocycles. The number of aromatic amines is 1. The Kier molecular flexibility index (Phi) is 4.96. The van der Waals surface area contributed by atoms with Crippen LogP contribution in [-0.2, 0) is 6.54 Å². The van der Waals surface area contributed by atoms with E-state index in [1.54, 1.807) is 6.07 Å². The number of piperidine rings is 1. The number of hydrogen-bond acceptors (Lipinski definition) is 3. The number of rotatable bonds is 4. The van der Waals surface area contributed by atoms with Crippen LogP contribution in [0.1, 0.15) is 30.0 Å². The van der Waals surface area contributed by atoms with E-state index in [0.717, 1.165) is 54.2 Å². The van der Waals surface area contributed by atoms with Gasteiger partial charge in [0.25, 0.3) is 0 Å². The van der Waals surface area contributed by atoms with Gasteiger partial charge in [0, 0.05) is 35.3 Å². The second kappa shape index (κ2) is 7.52. The Bertz CT molecular complexity index is 875. The third-order valence-electron chi connectivity index (χ3n) is 5.05. The Hall–Kier alpha value is -2.30. The fourth-order valence-electron chi connectivity index (χ4n) is 3.81. The second-order valence-corrected chi connectivity index (χ2v) is 7.38. The summed E-state index contributed by atoms with van der Waals surface area (Å²) in [6, 6.07) is 15.5. The summed E-state index contributed by atoms with van der Waals surface area (Å²) in [5.74, 6) is 0.754. The van der Waals surface area contributed by atoms with Gasteiger partial charge in [0.2, 0.25) is 0 Å². The minimum Gasteiger partial charge on any atom is -0.508 e. The van der Waals surface area contributed by atoms with E-state index < -0.39 is 0 Å². The molecule has 0 aliphatic carbocycles. The van der Waals surface area contributed by atoms with Crippen LogP contribution in [0.4, 0.5) is 0 Å². The summed E-state index contributed by atoms with van der Waals surface area (Å²) in [6.45, 7) is 2.92. The molecular formula is C21H22ClN3O. The molecule has 2 aromatic carbocycles. The van der Waals surface area contributed by atoms with Crippen molar-refractivity contribution in [1.29, 1.82) is 0 Å². The summed E-state index contributed by atoms with van der Waals surface area (Å²) in [6.07, 6.45) is 4.22. The first kappa shape index (κ1) is 17.1. The lowest BCUT2D eigenvalue weighted by atomic mass is 9.90. The van der Waals surface area contributed by atoms with Gasteiger partial charge < -0.3 is 5.11 Å². The highest BCUT2D eigenvalue weighted by molar-refractivity contribution is 6.30. The zero-order valence-electron chi connectivity index (χ0n) is 14.5. The monoisotopic (exact) mass is 367 g/mol. The molecule has 1 aromatic heterocycles. The Morgan fingerprint density at radius 2 is 2.04 bits per heavy atom. The third kappa shape index (κ3) is 3.76. The van der Waals surface area contributed by atoms with E-state index in [1.165, 1.54) is 5.69 Å². The van der Waals surface area contributed by atoms with E-state index in [4.69, 9.17) is 11.6 Å². The number of nitrogens with one attached hydrogen (secondary N) is 1. The van der Waals surface area contributed by atoms with E-state index in [-0.39, 0.29) is 0 Å². The predicted octanol–water partition coefficient (Wildman–Crippen LogP) is 4.82. The van der Waals surface area contributed by atoms with Gasteiger partial charge in [-0.15, -0.1) is 0 Å². The topological polar surface area (TPSA) is 52.1 Å². The van der Waals surface area contributed by atoms with Crippen LogP contribution in [0.25, 0.3) is 11.1 Å². The summed E-state index contributed by atoms with van der Waals surface area (Å²) < 4.78 is 0. The number of halogens is 1. The van der Waals surface area contributed by atoms with E-state index in [9.17, 15) is 5.11 Å². The number of H-pyrrole nitrogens is 1. The van der Waals surface area contributed by atoms with Crippen LogP contribution in [0.2, 0.25) is 5.02 Å². The largest absolute Gasteiger partial charge is 0.508 e. The number of likely N-dealkylation sites (tertiary alicyclic amines) is 1.